The van der Waals surface area contributed by atoms with Gasteiger partial charge >= 0.3 is 0 Å². The maximum Gasteiger partial charge on any atom is 0.257 e. The smallest absolute Gasteiger partial charge is 0.257 e. The van der Waals surface area contributed by atoms with E-state index in [1.165, 1.54) is 12.1 Å². The van der Waals surface area contributed by atoms with Crippen LogP contribution in [-0.4, -0.2) is 59.3 Å². The van der Waals surface area contributed by atoms with Crippen molar-refractivity contribution in [2.45, 2.75) is 26.3 Å². The van der Waals surface area contributed by atoms with E-state index in [1.807, 2.05) is 38.1 Å². The third-order valence-corrected chi connectivity index (χ3v) is 5.82. The molecule has 0 saturated carbocycles. The van der Waals surface area contributed by atoms with Crippen LogP contribution in [0, 0.1) is 12.7 Å². The molecule has 196 valence electrons. The molecule has 0 aliphatic heterocycles. The van der Waals surface area contributed by atoms with Crippen molar-refractivity contribution in [2.24, 2.45) is 0 Å². The van der Waals surface area contributed by atoms with E-state index < -0.39 is 5.82 Å². The normalized spacial score (nSPS) is 11.6. The number of halogens is 2. The second kappa shape index (κ2) is 15.8. The van der Waals surface area contributed by atoms with Gasteiger partial charge in [-0.15, -0.1) is 10.2 Å². The Balaban J connectivity index is 0.00000222. The third kappa shape index (κ3) is 8.99. The molecule has 0 aliphatic carbocycles. The van der Waals surface area contributed by atoms with E-state index in [2.05, 4.69) is 45.7 Å². The first-order valence-corrected chi connectivity index (χ1v) is 13.4. The number of carbonyl (C=O) groups is 1. The van der Waals surface area contributed by atoms with E-state index in [-0.39, 0.29) is 29.3 Å². The molecule has 1 atom stereocenters. The van der Waals surface area contributed by atoms with Crippen molar-refractivity contribution >= 4 is 42.8 Å². The third-order valence-electron chi connectivity index (χ3n) is 5.26. The zero-order valence-electron chi connectivity index (χ0n) is 20.6. The molecule has 0 aliphatic rings. The van der Waals surface area contributed by atoms with Crippen LogP contribution in [0.4, 0.5) is 4.39 Å². The van der Waals surface area contributed by atoms with Crippen LogP contribution in [0.2, 0.25) is 5.02 Å². The van der Waals surface area contributed by atoms with E-state index in [4.69, 9.17) is 20.8 Å². The summed E-state index contributed by atoms with van der Waals surface area (Å²) in [6.07, 6.45) is 2.41. The standard InChI is InChI=1S/C24H28ClFN4O3S.CH4S/c1-3-30(12-11-27-22(31)15-32-18-8-9-19(25)20(26)14-18)21(10-13-34)24-29-28-23(33-24)17-6-4-16(2)5-7-17;1-2/h4-9,14,21,34H,3,10-13,15H2,1-2H3,(H,27,31);2H,1H3/t21-;/m0./s1. The van der Waals surface area contributed by atoms with Crippen molar-refractivity contribution < 1.29 is 18.3 Å². The monoisotopic (exact) mass is 554 g/mol. The number of nitrogens with zero attached hydrogens (tertiary/aromatic N) is 3. The van der Waals surface area contributed by atoms with Crippen LogP contribution in [-0.2, 0) is 4.79 Å². The molecule has 0 fully saturated rings. The van der Waals surface area contributed by atoms with Gasteiger partial charge in [-0.1, -0.05) is 36.2 Å². The number of amides is 1. The average molecular weight is 555 g/mol. The molecule has 3 rings (SSSR count). The average Bonchev–Trinajstić information content (AvgIpc) is 3.38. The van der Waals surface area contributed by atoms with Crippen LogP contribution in [0.1, 0.15) is 30.8 Å². The molecule has 0 spiro atoms. The van der Waals surface area contributed by atoms with Crippen LogP contribution in [0.25, 0.3) is 11.5 Å². The molecule has 2 aromatic carbocycles. The number of carbonyl (C=O) groups excluding carboxylic acids is 1. The second-order valence-electron chi connectivity index (χ2n) is 7.68. The van der Waals surface area contributed by atoms with Crippen molar-refractivity contribution in [2.75, 3.05) is 38.2 Å². The van der Waals surface area contributed by atoms with Gasteiger partial charge in [0.15, 0.2) is 6.61 Å². The van der Waals surface area contributed by atoms with Crippen LogP contribution < -0.4 is 10.1 Å². The minimum atomic E-state index is -0.597. The number of ether oxygens (including phenoxy) is 1. The summed E-state index contributed by atoms with van der Waals surface area (Å²) in [5, 5.41) is 11.3. The maximum atomic E-state index is 13.5. The molecule has 0 saturated heterocycles. The molecule has 0 unspecified atom stereocenters. The van der Waals surface area contributed by atoms with Crippen LogP contribution in [0.5, 0.6) is 5.75 Å². The predicted octanol–water partition coefficient (Wildman–Crippen LogP) is 5.26. The Morgan fingerprint density at radius 3 is 2.58 bits per heavy atom. The molecule has 36 heavy (non-hydrogen) atoms. The molecule has 1 N–H and O–H groups in total. The summed E-state index contributed by atoms with van der Waals surface area (Å²) in [5.74, 6) is 0.963. The number of likely N-dealkylation sites (N-methyl/N-ethyl adjacent to an activating group) is 1. The van der Waals surface area contributed by atoms with E-state index in [1.54, 1.807) is 6.26 Å². The quantitative estimate of drug-likeness (QED) is 0.265. The summed E-state index contributed by atoms with van der Waals surface area (Å²) < 4.78 is 24.8. The van der Waals surface area contributed by atoms with Crippen molar-refractivity contribution in [3.63, 3.8) is 0 Å². The Labute approximate surface area is 227 Å². The summed E-state index contributed by atoms with van der Waals surface area (Å²) >= 11 is 13.6. The minimum absolute atomic E-state index is 0.000501. The topological polar surface area (TPSA) is 80.5 Å². The molecule has 1 aromatic heterocycles. The van der Waals surface area contributed by atoms with E-state index in [0.717, 1.165) is 23.7 Å². The fraction of sp³-hybridized carbons (Fsp3) is 0.400. The highest BCUT2D eigenvalue weighted by Gasteiger charge is 2.24. The molecule has 1 amide bonds. The Morgan fingerprint density at radius 2 is 1.94 bits per heavy atom. The largest absolute Gasteiger partial charge is 0.484 e. The number of nitrogens with one attached hydrogen (secondary N) is 1. The zero-order valence-corrected chi connectivity index (χ0v) is 23.1. The Morgan fingerprint density at radius 1 is 1.22 bits per heavy atom. The van der Waals surface area contributed by atoms with Gasteiger partial charge in [-0.25, -0.2) is 4.39 Å². The number of aromatic nitrogens is 2. The van der Waals surface area contributed by atoms with Gasteiger partial charge in [-0.3, -0.25) is 9.69 Å². The first-order valence-electron chi connectivity index (χ1n) is 11.5. The number of aryl methyl sites for hydroxylation is 1. The lowest BCUT2D eigenvalue weighted by molar-refractivity contribution is -0.123. The Bertz CT molecular complexity index is 1090. The molecule has 11 heteroatoms. The number of thiol groups is 2. The Kier molecular flexibility index (Phi) is 13.1. The molecule has 3 aromatic rings. The minimum Gasteiger partial charge on any atom is -0.484 e. The predicted molar refractivity (Wildman–Crippen MR) is 148 cm³/mol. The lowest BCUT2D eigenvalue weighted by Crippen LogP contribution is -2.39. The molecular formula is C25H32ClFN4O3S2. The molecule has 1 heterocycles. The van der Waals surface area contributed by atoms with E-state index in [0.29, 0.717) is 37.0 Å². The van der Waals surface area contributed by atoms with Gasteiger partial charge in [0.1, 0.15) is 11.6 Å². The fourth-order valence-corrected chi connectivity index (χ4v) is 3.77. The summed E-state index contributed by atoms with van der Waals surface area (Å²) in [6.45, 7) is 5.51. The van der Waals surface area contributed by atoms with E-state index in [9.17, 15) is 9.18 Å². The van der Waals surface area contributed by atoms with Gasteiger partial charge in [0.05, 0.1) is 11.1 Å². The van der Waals surface area contributed by atoms with Crippen LogP contribution >= 0.6 is 36.9 Å². The number of rotatable bonds is 12. The molecule has 0 radical (unpaired) electrons. The van der Waals surface area contributed by atoms with Gasteiger partial charge in [-0.2, -0.15) is 25.3 Å². The fourth-order valence-electron chi connectivity index (χ4n) is 3.41. The van der Waals surface area contributed by atoms with Crippen LogP contribution in [0.3, 0.4) is 0 Å². The summed E-state index contributed by atoms with van der Waals surface area (Å²) in [5.41, 5.74) is 2.02. The first-order chi connectivity index (χ1) is 17.4. The zero-order chi connectivity index (χ0) is 26.5. The Hall–Kier alpha value is -2.27. The van der Waals surface area contributed by atoms with Gasteiger partial charge in [0.2, 0.25) is 11.8 Å². The van der Waals surface area contributed by atoms with Gasteiger partial charge in [-0.05, 0) is 56.2 Å². The SMILES string of the molecule is CCN(CCNC(=O)COc1ccc(Cl)c(F)c1)[C@@H](CCS)c1nnc(-c2ccc(C)cc2)o1.CS. The lowest BCUT2D eigenvalue weighted by atomic mass is 10.1. The summed E-state index contributed by atoms with van der Waals surface area (Å²) in [4.78, 5) is 14.3. The highest BCUT2D eigenvalue weighted by Crippen LogP contribution is 2.27. The number of hydrogen-bond donors (Lipinski definition) is 3. The highest BCUT2D eigenvalue weighted by atomic mass is 35.5. The van der Waals surface area contributed by atoms with Crippen molar-refractivity contribution in [1.29, 1.82) is 0 Å². The molecular weight excluding hydrogens is 523 g/mol. The number of benzene rings is 2. The second-order valence-corrected chi connectivity index (χ2v) is 8.54. The maximum absolute atomic E-state index is 13.5. The first kappa shape index (κ1) is 30.0. The van der Waals surface area contributed by atoms with Crippen molar-refractivity contribution in [3.05, 3.63) is 64.8 Å². The summed E-state index contributed by atoms with van der Waals surface area (Å²) in [6, 6.07) is 11.8. The van der Waals surface area contributed by atoms with E-state index >= 15 is 0 Å². The lowest BCUT2D eigenvalue weighted by Gasteiger charge is -2.27. The molecule has 0 bridgehead atoms. The molecule has 7 nitrogen and oxygen atoms in total. The van der Waals surface area contributed by atoms with Crippen molar-refractivity contribution in [3.8, 4) is 17.2 Å². The number of hydrogen-bond acceptors (Lipinski definition) is 8. The van der Waals surface area contributed by atoms with Gasteiger partial charge in [0, 0.05) is 24.7 Å². The van der Waals surface area contributed by atoms with Gasteiger partial charge < -0.3 is 14.5 Å². The van der Waals surface area contributed by atoms with Gasteiger partial charge in [0.25, 0.3) is 5.91 Å². The van der Waals surface area contributed by atoms with Crippen LogP contribution in [0.15, 0.2) is 46.9 Å². The van der Waals surface area contributed by atoms with Crippen molar-refractivity contribution in [1.82, 2.24) is 20.4 Å². The highest BCUT2D eigenvalue weighted by molar-refractivity contribution is 7.80. The summed E-state index contributed by atoms with van der Waals surface area (Å²) in [7, 11) is 0.